The van der Waals surface area contributed by atoms with Crippen LogP contribution in [0.3, 0.4) is 0 Å². The van der Waals surface area contributed by atoms with Crippen LogP contribution < -0.4 is 15.4 Å². The van der Waals surface area contributed by atoms with Crippen LogP contribution in [0.1, 0.15) is 36.9 Å². The Kier molecular flexibility index (Phi) is 4.74. The number of methoxy groups -OCH3 is 1. The van der Waals surface area contributed by atoms with Gasteiger partial charge in [-0.25, -0.2) is 4.79 Å². The van der Waals surface area contributed by atoms with Gasteiger partial charge in [-0.2, -0.15) is 0 Å². The predicted octanol–water partition coefficient (Wildman–Crippen LogP) is 3.79. The van der Waals surface area contributed by atoms with E-state index in [1.807, 2.05) is 49.4 Å². The lowest BCUT2D eigenvalue weighted by atomic mass is 9.96. The first kappa shape index (κ1) is 16.4. The Bertz CT molecular complexity index is 679. The third kappa shape index (κ3) is 3.70. The van der Waals surface area contributed by atoms with Crippen molar-refractivity contribution in [2.24, 2.45) is 0 Å². The molecule has 3 rings (SSSR count). The quantitative estimate of drug-likeness (QED) is 0.849. The Morgan fingerprint density at radius 3 is 2.38 bits per heavy atom. The van der Waals surface area contributed by atoms with Crippen LogP contribution in [-0.2, 0) is 5.41 Å². The van der Waals surface area contributed by atoms with Gasteiger partial charge in [0.25, 0.3) is 0 Å². The Morgan fingerprint density at radius 2 is 1.79 bits per heavy atom. The SMILES string of the molecule is COc1ccc(C2(CNC(=O)NC(C)c3ccccc3)CC2)cc1. The van der Waals surface area contributed by atoms with Gasteiger partial charge in [0.2, 0.25) is 0 Å². The summed E-state index contributed by atoms with van der Waals surface area (Å²) >= 11 is 0. The topological polar surface area (TPSA) is 50.4 Å². The van der Waals surface area contributed by atoms with Crippen LogP contribution >= 0.6 is 0 Å². The molecule has 0 heterocycles. The molecule has 1 atom stereocenters. The number of hydrogen-bond acceptors (Lipinski definition) is 2. The summed E-state index contributed by atoms with van der Waals surface area (Å²) in [6.45, 7) is 2.65. The van der Waals surface area contributed by atoms with Crippen LogP contribution in [0.15, 0.2) is 54.6 Å². The van der Waals surface area contributed by atoms with Crippen LogP contribution in [-0.4, -0.2) is 19.7 Å². The third-order valence-electron chi connectivity index (χ3n) is 4.79. The molecule has 2 aromatic carbocycles. The van der Waals surface area contributed by atoms with Crippen molar-refractivity contribution in [3.8, 4) is 5.75 Å². The normalized spacial score (nSPS) is 16.1. The molecule has 0 saturated heterocycles. The Balaban J connectivity index is 1.54. The number of amides is 2. The standard InChI is InChI=1S/C20H24N2O2/c1-15(16-6-4-3-5-7-16)22-19(23)21-14-20(12-13-20)17-8-10-18(24-2)11-9-17/h3-11,15H,12-14H2,1-2H3,(H2,21,22,23). The highest BCUT2D eigenvalue weighted by Crippen LogP contribution is 2.47. The van der Waals surface area contributed by atoms with Gasteiger partial charge in [0.15, 0.2) is 0 Å². The van der Waals surface area contributed by atoms with E-state index < -0.39 is 0 Å². The summed E-state index contributed by atoms with van der Waals surface area (Å²) < 4.78 is 5.21. The van der Waals surface area contributed by atoms with Gasteiger partial charge in [0, 0.05) is 12.0 Å². The number of carbonyl (C=O) groups is 1. The molecule has 0 aliphatic heterocycles. The second-order valence-corrected chi connectivity index (χ2v) is 6.47. The number of rotatable bonds is 6. The number of nitrogens with one attached hydrogen (secondary N) is 2. The molecule has 1 aliphatic carbocycles. The van der Waals surface area contributed by atoms with Crippen molar-refractivity contribution < 1.29 is 9.53 Å². The van der Waals surface area contributed by atoms with Crippen LogP contribution in [0.25, 0.3) is 0 Å². The van der Waals surface area contributed by atoms with Gasteiger partial charge in [0.05, 0.1) is 13.2 Å². The summed E-state index contributed by atoms with van der Waals surface area (Å²) in [5, 5.41) is 6.03. The van der Waals surface area contributed by atoms with E-state index in [1.54, 1.807) is 7.11 Å². The zero-order valence-corrected chi connectivity index (χ0v) is 14.2. The summed E-state index contributed by atoms with van der Waals surface area (Å²) in [4.78, 5) is 12.2. The Labute approximate surface area is 143 Å². The largest absolute Gasteiger partial charge is 0.497 e. The summed E-state index contributed by atoms with van der Waals surface area (Å²) in [6.07, 6.45) is 2.21. The maximum Gasteiger partial charge on any atom is 0.315 e. The Hall–Kier alpha value is -2.49. The van der Waals surface area contributed by atoms with E-state index in [9.17, 15) is 4.79 Å². The molecule has 0 spiro atoms. The number of hydrogen-bond donors (Lipinski definition) is 2. The maximum atomic E-state index is 12.2. The second kappa shape index (κ2) is 6.95. The minimum Gasteiger partial charge on any atom is -0.497 e. The van der Waals surface area contributed by atoms with Crippen molar-refractivity contribution in [3.63, 3.8) is 0 Å². The number of ether oxygens (including phenoxy) is 1. The lowest BCUT2D eigenvalue weighted by Crippen LogP contribution is -2.40. The third-order valence-corrected chi connectivity index (χ3v) is 4.79. The van der Waals surface area contributed by atoms with Crippen LogP contribution in [0.4, 0.5) is 4.79 Å². The van der Waals surface area contributed by atoms with Crippen LogP contribution in [0.2, 0.25) is 0 Å². The van der Waals surface area contributed by atoms with Crippen molar-refractivity contribution in [2.75, 3.05) is 13.7 Å². The molecule has 1 aliphatic rings. The van der Waals surface area contributed by atoms with Crippen molar-refractivity contribution in [3.05, 3.63) is 65.7 Å². The van der Waals surface area contributed by atoms with Gasteiger partial charge in [-0.3, -0.25) is 0 Å². The van der Waals surface area contributed by atoms with Gasteiger partial charge in [0.1, 0.15) is 5.75 Å². The molecule has 24 heavy (non-hydrogen) atoms. The van der Waals surface area contributed by atoms with Crippen LogP contribution in [0, 0.1) is 0 Å². The van der Waals surface area contributed by atoms with E-state index in [4.69, 9.17) is 4.74 Å². The summed E-state index contributed by atoms with van der Waals surface area (Å²) in [5.41, 5.74) is 2.45. The monoisotopic (exact) mass is 324 g/mol. The average Bonchev–Trinajstić information content (AvgIpc) is 3.42. The molecule has 4 nitrogen and oxygen atoms in total. The molecule has 0 radical (unpaired) electrons. The van der Waals surface area contributed by atoms with E-state index in [-0.39, 0.29) is 17.5 Å². The first-order valence-corrected chi connectivity index (χ1v) is 8.37. The fraction of sp³-hybridized carbons (Fsp3) is 0.350. The summed E-state index contributed by atoms with van der Waals surface area (Å²) in [7, 11) is 1.67. The first-order chi connectivity index (χ1) is 11.6. The van der Waals surface area contributed by atoms with Gasteiger partial charge >= 0.3 is 6.03 Å². The molecule has 1 fully saturated rings. The van der Waals surface area contributed by atoms with E-state index in [2.05, 4.69) is 22.8 Å². The van der Waals surface area contributed by atoms with Gasteiger partial charge in [-0.1, -0.05) is 42.5 Å². The molecule has 0 aromatic heterocycles. The van der Waals surface area contributed by atoms with Gasteiger partial charge < -0.3 is 15.4 Å². The summed E-state index contributed by atoms with van der Waals surface area (Å²) in [5.74, 6) is 0.858. The molecule has 4 heteroatoms. The highest BCUT2D eigenvalue weighted by molar-refractivity contribution is 5.74. The van der Waals surface area contributed by atoms with Crippen molar-refractivity contribution in [2.45, 2.75) is 31.2 Å². The van der Waals surface area contributed by atoms with Crippen LogP contribution in [0.5, 0.6) is 5.75 Å². The molecule has 0 bridgehead atoms. The van der Waals surface area contributed by atoms with E-state index in [0.717, 1.165) is 24.2 Å². The molecule has 126 valence electrons. The zero-order valence-electron chi connectivity index (χ0n) is 14.2. The minimum absolute atomic E-state index is 0.0117. The minimum atomic E-state index is -0.119. The molecule has 2 N–H and O–H groups in total. The first-order valence-electron chi connectivity index (χ1n) is 8.37. The van der Waals surface area contributed by atoms with Crippen molar-refractivity contribution in [1.29, 1.82) is 0 Å². The van der Waals surface area contributed by atoms with E-state index in [0.29, 0.717) is 6.54 Å². The van der Waals surface area contributed by atoms with E-state index >= 15 is 0 Å². The fourth-order valence-electron chi connectivity index (χ4n) is 2.99. The number of carbonyl (C=O) groups excluding carboxylic acids is 1. The van der Waals surface area contributed by atoms with Gasteiger partial charge in [-0.15, -0.1) is 0 Å². The van der Waals surface area contributed by atoms with Crippen molar-refractivity contribution >= 4 is 6.03 Å². The second-order valence-electron chi connectivity index (χ2n) is 6.47. The van der Waals surface area contributed by atoms with Gasteiger partial charge in [-0.05, 0) is 43.0 Å². The molecule has 1 unspecified atom stereocenters. The average molecular weight is 324 g/mol. The van der Waals surface area contributed by atoms with Crippen molar-refractivity contribution in [1.82, 2.24) is 10.6 Å². The summed E-state index contributed by atoms with van der Waals surface area (Å²) in [6, 6.07) is 18.0. The number of benzene rings is 2. The molecule has 2 aromatic rings. The fourth-order valence-corrected chi connectivity index (χ4v) is 2.99. The number of urea groups is 1. The smallest absolute Gasteiger partial charge is 0.315 e. The molecular formula is C20H24N2O2. The maximum absolute atomic E-state index is 12.2. The molecular weight excluding hydrogens is 300 g/mol. The molecule has 2 amide bonds. The lowest BCUT2D eigenvalue weighted by Gasteiger charge is -2.19. The lowest BCUT2D eigenvalue weighted by molar-refractivity contribution is 0.237. The zero-order chi connectivity index (χ0) is 17.0. The molecule has 1 saturated carbocycles. The highest BCUT2D eigenvalue weighted by atomic mass is 16.5. The predicted molar refractivity (Wildman–Crippen MR) is 95.3 cm³/mol. The Morgan fingerprint density at radius 1 is 1.12 bits per heavy atom. The highest BCUT2D eigenvalue weighted by Gasteiger charge is 2.44. The van der Waals surface area contributed by atoms with E-state index in [1.165, 1.54) is 5.56 Å².